The first-order valence-electron chi connectivity index (χ1n) is 5.14. The topological polar surface area (TPSA) is 29.5 Å². The summed E-state index contributed by atoms with van der Waals surface area (Å²) >= 11 is 1.50. The summed E-state index contributed by atoms with van der Waals surface area (Å²) in [6.45, 7) is 5.34. The van der Waals surface area contributed by atoms with Gasteiger partial charge in [-0.25, -0.2) is 0 Å². The predicted octanol–water partition coefficient (Wildman–Crippen LogP) is 2.00. The summed E-state index contributed by atoms with van der Waals surface area (Å²) in [7, 11) is 0. The van der Waals surface area contributed by atoms with Crippen molar-refractivity contribution in [1.29, 1.82) is 0 Å². The molecule has 0 aliphatic carbocycles. The number of morpholine rings is 1. The smallest absolute Gasteiger partial charge is 0.264 e. The molecule has 2 atom stereocenters. The van der Waals surface area contributed by atoms with E-state index in [1.165, 1.54) is 11.3 Å². The van der Waals surface area contributed by atoms with E-state index in [4.69, 9.17) is 4.74 Å². The third kappa shape index (κ3) is 2.06. The van der Waals surface area contributed by atoms with Crippen molar-refractivity contribution in [3.8, 4) is 0 Å². The summed E-state index contributed by atoms with van der Waals surface area (Å²) in [5.74, 6) is 0.133. The fraction of sp³-hybridized carbons (Fsp3) is 0.545. The highest BCUT2D eigenvalue weighted by molar-refractivity contribution is 7.12. The molecule has 1 aliphatic rings. The first-order valence-corrected chi connectivity index (χ1v) is 6.02. The molecule has 2 unspecified atom stereocenters. The molecule has 15 heavy (non-hydrogen) atoms. The minimum atomic E-state index is 0.133. The summed E-state index contributed by atoms with van der Waals surface area (Å²) in [6.07, 6.45) is 0. The number of ether oxygens (including phenoxy) is 1. The van der Waals surface area contributed by atoms with Crippen LogP contribution < -0.4 is 0 Å². The average molecular weight is 225 g/mol. The van der Waals surface area contributed by atoms with E-state index >= 15 is 0 Å². The van der Waals surface area contributed by atoms with Crippen molar-refractivity contribution in [3.63, 3.8) is 0 Å². The van der Waals surface area contributed by atoms with Crippen LogP contribution in [-0.2, 0) is 4.74 Å². The van der Waals surface area contributed by atoms with E-state index < -0.39 is 0 Å². The Morgan fingerprint density at radius 3 is 2.67 bits per heavy atom. The van der Waals surface area contributed by atoms with Crippen LogP contribution >= 0.6 is 11.3 Å². The molecule has 0 saturated carbocycles. The molecule has 1 aromatic heterocycles. The van der Waals surface area contributed by atoms with Gasteiger partial charge in [0.15, 0.2) is 0 Å². The van der Waals surface area contributed by atoms with Crippen molar-refractivity contribution < 1.29 is 9.53 Å². The molecule has 0 spiro atoms. The first kappa shape index (κ1) is 10.6. The number of carbonyl (C=O) groups is 1. The Hall–Kier alpha value is -0.870. The molecule has 82 valence electrons. The monoisotopic (exact) mass is 225 g/mol. The molecule has 1 aromatic rings. The van der Waals surface area contributed by atoms with Gasteiger partial charge in [-0.05, 0) is 25.3 Å². The quantitative estimate of drug-likeness (QED) is 0.731. The van der Waals surface area contributed by atoms with E-state index in [1.807, 2.05) is 36.3 Å². The zero-order chi connectivity index (χ0) is 10.8. The molecule has 0 aromatic carbocycles. The summed E-state index contributed by atoms with van der Waals surface area (Å²) < 4.78 is 5.40. The van der Waals surface area contributed by atoms with Crippen molar-refractivity contribution in [2.45, 2.75) is 25.9 Å². The predicted molar refractivity (Wildman–Crippen MR) is 60.2 cm³/mol. The summed E-state index contributed by atoms with van der Waals surface area (Å²) in [5, 5.41) is 1.93. The molecule has 2 heterocycles. The molecular formula is C11H15NO2S. The number of nitrogens with zero attached hydrogens (tertiary/aromatic N) is 1. The van der Waals surface area contributed by atoms with E-state index in [-0.39, 0.29) is 18.0 Å². The third-order valence-electron chi connectivity index (χ3n) is 2.63. The lowest BCUT2D eigenvalue weighted by Gasteiger charge is -2.38. The van der Waals surface area contributed by atoms with E-state index in [0.717, 1.165) is 4.88 Å². The van der Waals surface area contributed by atoms with Gasteiger partial charge in [-0.1, -0.05) is 6.07 Å². The van der Waals surface area contributed by atoms with Gasteiger partial charge in [-0.15, -0.1) is 11.3 Å². The van der Waals surface area contributed by atoms with Crippen molar-refractivity contribution in [2.75, 3.05) is 13.2 Å². The normalized spacial score (nSPS) is 26.7. The fourth-order valence-electron chi connectivity index (χ4n) is 1.93. The standard InChI is InChI=1S/C11H15NO2S/c1-8-6-14-7-9(2)12(8)11(13)10-4-3-5-15-10/h3-5,8-9H,6-7H2,1-2H3. The van der Waals surface area contributed by atoms with Gasteiger partial charge in [0, 0.05) is 0 Å². The van der Waals surface area contributed by atoms with Crippen LogP contribution in [-0.4, -0.2) is 36.1 Å². The number of hydrogen-bond acceptors (Lipinski definition) is 3. The second kappa shape index (κ2) is 4.33. The zero-order valence-corrected chi connectivity index (χ0v) is 9.79. The van der Waals surface area contributed by atoms with Crippen molar-refractivity contribution in [1.82, 2.24) is 4.90 Å². The van der Waals surface area contributed by atoms with Gasteiger partial charge in [0.25, 0.3) is 5.91 Å². The Morgan fingerprint density at radius 2 is 2.13 bits per heavy atom. The van der Waals surface area contributed by atoms with Crippen LogP contribution in [0.2, 0.25) is 0 Å². The lowest BCUT2D eigenvalue weighted by atomic mass is 10.1. The molecule has 2 rings (SSSR count). The van der Waals surface area contributed by atoms with Gasteiger partial charge < -0.3 is 9.64 Å². The molecule has 3 nitrogen and oxygen atoms in total. The zero-order valence-electron chi connectivity index (χ0n) is 8.97. The minimum absolute atomic E-state index is 0.133. The van der Waals surface area contributed by atoms with Gasteiger partial charge >= 0.3 is 0 Å². The average Bonchev–Trinajstić information content (AvgIpc) is 2.69. The van der Waals surface area contributed by atoms with Crippen LogP contribution in [0.25, 0.3) is 0 Å². The second-order valence-corrected chi connectivity index (χ2v) is 4.87. The Bertz CT molecular complexity index is 326. The van der Waals surface area contributed by atoms with Crippen LogP contribution in [0.5, 0.6) is 0 Å². The Labute approximate surface area is 93.7 Å². The molecule has 0 N–H and O–H groups in total. The van der Waals surface area contributed by atoms with Crippen LogP contribution in [0.15, 0.2) is 17.5 Å². The summed E-state index contributed by atoms with van der Waals surface area (Å²) in [6, 6.07) is 4.13. The summed E-state index contributed by atoms with van der Waals surface area (Å²) in [4.78, 5) is 14.9. The maximum absolute atomic E-state index is 12.2. The van der Waals surface area contributed by atoms with E-state index in [9.17, 15) is 4.79 Å². The first-order chi connectivity index (χ1) is 7.20. The number of carbonyl (C=O) groups excluding carboxylic acids is 1. The maximum Gasteiger partial charge on any atom is 0.264 e. The molecule has 1 aliphatic heterocycles. The number of thiophene rings is 1. The van der Waals surface area contributed by atoms with Gasteiger partial charge in [0.05, 0.1) is 30.2 Å². The van der Waals surface area contributed by atoms with Gasteiger partial charge in [0.1, 0.15) is 0 Å². The maximum atomic E-state index is 12.2. The number of hydrogen-bond donors (Lipinski definition) is 0. The highest BCUT2D eigenvalue weighted by atomic mass is 32.1. The van der Waals surface area contributed by atoms with Crippen molar-refractivity contribution >= 4 is 17.2 Å². The number of amides is 1. The highest BCUT2D eigenvalue weighted by Crippen LogP contribution is 2.19. The largest absolute Gasteiger partial charge is 0.377 e. The number of rotatable bonds is 1. The molecule has 1 saturated heterocycles. The van der Waals surface area contributed by atoms with Gasteiger partial charge in [-0.2, -0.15) is 0 Å². The Balaban J connectivity index is 2.17. The van der Waals surface area contributed by atoms with Crippen molar-refractivity contribution in [2.24, 2.45) is 0 Å². The molecule has 4 heteroatoms. The minimum Gasteiger partial charge on any atom is -0.377 e. The highest BCUT2D eigenvalue weighted by Gasteiger charge is 2.30. The van der Waals surface area contributed by atoms with E-state index in [2.05, 4.69) is 0 Å². The van der Waals surface area contributed by atoms with Crippen LogP contribution in [0.1, 0.15) is 23.5 Å². The lowest BCUT2D eigenvalue weighted by molar-refractivity contribution is -0.0247. The van der Waals surface area contributed by atoms with E-state index in [0.29, 0.717) is 13.2 Å². The molecule has 0 radical (unpaired) electrons. The fourth-order valence-corrected chi connectivity index (χ4v) is 2.60. The lowest BCUT2D eigenvalue weighted by Crippen LogP contribution is -2.52. The summed E-state index contributed by atoms with van der Waals surface area (Å²) in [5.41, 5.74) is 0. The van der Waals surface area contributed by atoms with Crippen molar-refractivity contribution in [3.05, 3.63) is 22.4 Å². The second-order valence-electron chi connectivity index (χ2n) is 3.93. The van der Waals surface area contributed by atoms with Gasteiger partial charge in [-0.3, -0.25) is 4.79 Å². The van der Waals surface area contributed by atoms with Crippen LogP contribution in [0, 0.1) is 0 Å². The SMILES string of the molecule is CC1COCC(C)N1C(=O)c1cccs1. The molecule has 1 fully saturated rings. The van der Waals surface area contributed by atoms with E-state index in [1.54, 1.807) is 0 Å². The molecule has 0 bridgehead atoms. The Kier molecular flexibility index (Phi) is 3.07. The molecular weight excluding hydrogens is 210 g/mol. The van der Waals surface area contributed by atoms with Crippen LogP contribution in [0.3, 0.4) is 0 Å². The van der Waals surface area contributed by atoms with Crippen LogP contribution in [0.4, 0.5) is 0 Å². The third-order valence-corrected chi connectivity index (χ3v) is 3.49. The van der Waals surface area contributed by atoms with Gasteiger partial charge in [0.2, 0.25) is 0 Å². The Morgan fingerprint density at radius 1 is 1.47 bits per heavy atom. The molecule has 1 amide bonds.